The molecule has 5 heteroatoms. The van der Waals surface area contributed by atoms with E-state index in [1.165, 1.54) is 0 Å². The molecule has 1 heterocycles. The van der Waals surface area contributed by atoms with Crippen LogP contribution < -0.4 is 5.32 Å². The van der Waals surface area contributed by atoms with Crippen LogP contribution in [0.5, 0.6) is 0 Å². The van der Waals surface area contributed by atoms with Crippen molar-refractivity contribution in [3.8, 4) is 0 Å². The molecule has 1 N–H and O–H groups in total. The van der Waals surface area contributed by atoms with Gasteiger partial charge in [0, 0.05) is 6.04 Å². The summed E-state index contributed by atoms with van der Waals surface area (Å²) in [5.74, 6) is 0.554. The average molecular weight is 293 g/mol. The molecule has 1 aliphatic heterocycles. The molecular formula is C15H19NO3S. The van der Waals surface area contributed by atoms with Crippen LogP contribution in [0.15, 0.2) is 30.3 Å². The van der Waals surface area contributed by atoms with Crippen LogP contribution in [0.1, 0.15) is 30.7 Å². The number of amides is 1. The molecule has 0 bridgehead atoms. The van der Waals surface area contributed by atoms with E-state index in [-0.39, 0.29) is 29.4 Å². The van der Waals surface area contributed by atoms with Crippen molar-refractivity contribution in [2.45, 2.75) is 31.2 Å². The number of hydrogen-bond donors (Lipinski definition) is 1. The van der Waals surface area contributed by atoms with Crippen LogP contribution in [-0.2, 0) is 14.6 Å². The highest BCUT2D eigenvalue weighted by Gasteiger charge is 2.39. The van der Waals surface area contributed by atoms with Gasteiger partial charge in [0.15, 0.2) is 9.84 Å². The SMILES string of the molecule is O=C(NC1CCS(=O)(=O)C1)C(c1ccccc1)C1CC1. The Morgan fingerprint density at radius 2 is 1.85 bits per heavy atom. The lowest BCUT2D eigenvalue weighted by molar-refractivity contribution is -0.123. The predicted octanol–water partition coefficient (Wildman–Crippen LogP) is 1.48. The van der Waals surface area contributed by atoms with Crippen LogP contribution in [0, 0.1) is 5.92 Å². The minimum absolute atomic E-state index is 0.0131. The standard InChI is InChI=1S/C15H19NO3S/c17-15(16-13-8-9-20(18,19)10-13)14(12-6-7-12)11-4-2-1-3-5-11/h1-5,12-14H,6-10H2,(H,16,17). The molecule has 1 saturated heterocycles. The van der Waals surface area contributed by atoms with Gasteiger partial charge < -0.3 is 5.32 Å². The fourth-order valence-corrected chi connectivity index (χ4v) is 4.60. The van der Waals surface area contributed by atoms with Crippen LogP contribution in [-0.4, -0.2) is 31.9 Å². The number of hydrogen-bond acceptors (Lipinski definition) is 3. The summed E-state index contributed by atoms with van der Waals surface area (Å²) in [6.07, 6.45) is 2.70. The number of carbonyl (C=O) groups is 1. The van der Waals surface area contributed by atoms with Gasteiger partial charge in [0.25, 0.3) is 0 Å². The van der Waals surface area contributed by atoms with Crippen molar-refractivity contribution in [2.75, 3.05) is 11.5 Å². The maximum absolute atomic E-state index is 12.5. The molecule has 0 spiro atoms. The molecule has 1 amide bonds. The van der Waals surface area contributed by atoms with Crippen LogP contribution in [0.4, 0.5) is 0 Å². The number of carbonyl (C=O) groups excluding carboxylic acids is 1. The van der Waals surface area contributed by atoms with Gasteiger partial charge in [-0.25, -0.2) is 8.42 Å². The molecule has 3 rings (SSSR count). The third-order valence-corrected chi connectivity index (χ3v) is 5.88. The molecule has 2 unspecified atom stereocenters. The van der Waals surface area contributed by atoms with E-state index in [4.69, 9.17) is 0 Å². The van der Waals surface area contributed by atoms with E-state index in [1.807, 2.05) is 30.3 Å². The molecule has 1 aliphatic carbocycles. The highest BCUT2D eigenvalue weighted by atomic mass is 32.2. The van der Waals surface area contributed by atoms with E-state index in [0.29, 0.717) is 12.3 Å². The zero-order chi connectivity index (χ0) is 14.2. The summed E-state index contributed by atoms with van der Waals surface area (Å²) >= 11 is 0. The summed E-state index contributed by atoms with van der Waals surface area (Å²) in [6.45, 7) is 0. The van der Waals surface area contributed by atoms with Crippen molar-refractivity contribution in [2.24, 2.45) is 5.92 Å². The third kappa shape index (κ3) is 3.03. The van der Waals surface area contributed by atoms with E-state index in [1.54, 1.807) is 0 Å². The van der Waals surface area contributed by atoms with Crippen LogP contribution >= 0.6 is 0 Å². The van der Waals surface area contributed by atoms with E-state index < -0.39 is 9.84 Å². The second kappa shape index (κ2) is 5.20. The third-order valence-electron chi connectivity index (χ3n) is 4.11. The summed E-state index contributed by atoms with van der Waals surface area (Å²) in [5, 5.41) is 2.94. The van der Waals surface area contributed by atoms with Crippen molar-refractivity contribution in [3.05, 3.63) is 35.9 Å². The zero-order valence-corrected chi connectivity index (χ0v) is 12.1. The highest BCUT2D eigenvalue weighted by Crippen LogP contribution is 2.42. The average Bonchev–Trinajstić information content (AvgIpc) is 3.16. The Balaban J connectivity index is 1.71. The molecule has 0 aromatic heterocycles. The minimum atomic E-state index is -2.95. The molecule has 1 aromatic carbocycles. The predicted molar refractivity (Wildman–Crippen MR) is 77.1 cm³/mol. The molecule has 1 saturated carbocycles. The molecule has 20 heavy (non-hydrogen) atoms. The van der Waals surface area contributed by atoms with E-state index in [0.717, 1.165) is 18.4 Å². The summed E-state index contributed by atoms with van der Waals surface area (Å²) in [6, 6.07) is 9.57. The number of nitrogens with one attached hydrogen (secondary N) is 1. The first kappa shape index (κ1) is 13.6. The summed E-state index contributed by atoms with van der Waals surface area (Å²) in [7, 11) is -2.95. The number of benzene rings is 1. The van der Waals surface area contributed by atoms with Gasteiger partial charge in [-0.15, -0.1) is 0 Å². The smallest absolute Gasteiger partial charge is 0.228 e. The molecule has 1 aromatic rings. The lowest BCUT2D eigenvalue weighted by Crippen LogP contribution is -2.39. The normalized spacial score (nSPS) is 26.1. The lowest BCUT2D eigenvalue weighted by Gasteiger charge is -2.19. The van der Waals surface area contributed by atoms with E-state index in [2.05, 4.69) is 5.32 Å². The van der Waals surface area contributed by atoms with Crippen LogP contribution in [0.2, 0.25) is 0 Å². The quantitative estimate of drug-likeness (QED) is 0.914. The molecule has 2 fully saturated rings. The molecular weight excluding hydrogens is 274 g/mol. The van der Waals surface area contributed by atoms with Crippen molar-refractivity contribution in [3.63, 3.8) is 0 Å². The van der Waals surface area contributed by atoms with Crippen molar-refractivity contribution < 1.29 is 13.2 Å². The van der Waals surface area contributed by atoms with Gasteiger partial charge in [-0.2, -0.15) is 0 Å². The Morgan fingerprint density at radius 3 is 2.40 bits per heavy atom. The van der Waals surface area contributed by atoms with Gasteiger partial charge in [0.1, 0.15) is 0 Å². The van der Waals surface area contributed by atoms with Gasteiger partial charge in [-0.05, 0) is 30.7 Å². The van der Waals surface area contributed by atoms with Gasteiger partial charge in [-0.1, -0.05) is 30.3 Å². The van der Waals surface area contributed by atoms with Gasteiger partial charge in [0.05, 0.1) is 17.4 Å². The Kier molecular flexibility index (Phi) is 3.54. The maximum Gasteiger partial charge on any atom is 0.228 e. The molecule has 0 radical (unpaired) electrons. The second-order valence-electron chi connectivity index (χ2n) is 5.83. The van der Waals surface area contributed by atoms with Gasteiger partial charge >= 0.3 is 0 Å². The van der Waals surface area contributed by atoms with Crippen molar-refractivity contribution >= 4 is 15.7 Å². The summed E-state index contributed by atoms with van der Waals surface area (Å²) in [5.41, 5.74) is 1.04. The topological polar surface area (TPSA) is 63.2 Å². The van der Waals surface area contributed by atoms with Gasteiger partial charge in [-0.3, -0.25) is 4.79 Å². The van der Waals surface area contributed by atoms with E-state index in [9.17, 15) is 13.2 Å². The lowest BCUT2D eigenvalue weighted by atomic mass is 9.93. The monoisotopic (exact) mass is 293 g/mol. The first-order chi connectivity index (χ1) is 9.55. The first-order valence-corrected chi connectivity index (χ1v) is 8.93. The highest BCUT2D eigenvalue weighted by molar-refractivity contribution is 7.91. The minimum Gasteiger partial charge on any atom is -0.352 e. The van der Waals surface area contributed by atoms with Crippen molar-refractivity contribution in [1.29, 1.82) is 0 Å². The number of sulfone groups is 1. The maximum atomic E-state index is 12.5. The van der Waals surface area contributed by atoms with Crippen LogP contribution in [0.3, 0.4) is 0 Å². The zero-order valence-electron chi connectivity index (χ0n) is 11.3. The first-order valence-electron chi connectivity index (χ1n) is 7.11. The Hall–Kier alpha value is -1.36. The Morgan fingerprint density at radius 1 is 1.15 bits per heavy atom. The molecule has 4 nitrogen and oxygen atoms in total. The van der Waals surface area contributed by atoms with Gasteiger partial charge in [0.2, 0.25) is 5.91 Å². The second-order valence-corrected chi connectivity index (χ2v) is 8.06. The van der Waals surface area contributed by atoms with E-state index >= 15 is 0 Å². The molecule has 108 valence electrons. The largest absolute Gasteiger partial charge is 0.352 e. The van der Waals surface area contributed by atoms with Crippen molar-refractivity contribution in [1.82, 2.24) is 5.32 Å². The summed E-state index contributed by atoms with van der Waals surface area (Å²) < 4.78 is 22.9. The Labute approximate surface area is 119 Å². The molecule has 2 aliphatic rings. The molecule has 2 atom stereocenters. The Bertz CT molecular complexity index is 593. The van der Waals surface area contributed by atoms with Crippen LogP contribution in [0.25, 0.3) is 0 Å². The fourth-order valence-electron chi connectivity index (χ4n) is 2.93. The fraction of sp³-hybridized carbons (Fsp3) is 0.533. The number of rotatable bonds is 4. The summed E-state index contributed by atoms with van der Waals surface area (Å²) in [4.78, 5) is 12.5.